The summed E-state index contributed by atoms with van der Waals surface area (Å²) in [6.07, 6.45) is 1.83. The van der Waals surface area contributed by atoms with Gasteiger partial charge in [-0.2, -0.15) is 0 Å². The van der Waals surface area contributed by atoms with Gasteiger partial charge in [0.1, 0.15) is 23.0 Å². The number of imidazole rings is 1. The molecule has 10 rings (SSSR count). The Labute approximate surface area is 282 Å². The third-order valence-electron chi connectivity index (χ3n) is 9.85. The van der Waals surface area contributed by atoms with Gasteiger partial charge >= 0.3 is 0 Å². The van der Waals surface area contributed by atoms with E-state index in [1.165, 1.54) is 33.0 Å². The normalized spacial score (nSPS) is 11.9. The monoisotopic (exact) mass is 630 g/mol. The maximum atomic E-state index is 6.67. The standard InChI is InChI=1S/C44H30N4O/c1-27-11-9-12-28(2)42(27)35-15-10-14-34-31-22-20-29(25-36(31)44-46-37-16-4-6-18-39(37)48(44)43(34)35)49-30-21-23-33-32-13-3-5-17-38(32)47(40(33)26-30)41-19-7-8-24-45-41/h3-26H,1-2H3. The lowest BCUT2D eigenvalue weighted by Crippen LogP contribution is -1.97. The van der Waals surface area contributed by atoms with Crippen molar-refractivity contribution in [3.63, 3.8) is 0 Å². The average molecular weight is 631 g/mol. The molecule has 5 heteroatoms. The summed E-state index contributed by atoms with van der Waals surface area (Å²) in [5, 5.41) is 5.71. The largest absolute Gasteiger partial charge is 0.457 e. The van der Waals surface area contributed by atoms with Crippen molar-refractivity contribution >= 4 is 60.2 Å². The Hall–Kier alpha value is -6.46. The third kappa shape index (κ3) is 4.12. The Kier molecular flexibility index (Phi) is 5.94. The van der Waals surface area contributed by atoms with E-state index in [0.717, 1.165) is 66.7 Å². The fourth-order valence-electron chi connectivity index (χ4n) is 7.77. The zero-order valence-electron chi connectivity index (χ0n) is 27.1. The summed E-state index contributed by atoms with van der Waals surface area (Å²) in [6.45, 7) is 4.39. The van der Waals surface area contributed by atoms with Crippen molar-refractivity contribution in [3.8, 4) is 28.4 Å². The molecule has 6 aromatic carbocycles. The number of pyridine rings is 2. The SMILES string of the molecule is Cc1cccc(C)c1-c1cccc2c3ccc(Oc4ccc5c6ccccc6n(-c6ccccn6)c5c4)cc3c3nc4ccccc4n3c12. The van der Waals surface area contributed by atoms with Gasteiger partial charge in [0.2, 0.25) is 0 Å². The van der Waals surface area contributed by atoms with Crippen LogP contribution in [0.5, 0.6) is 11.5 Å². The van der Waals surface area contributed by atoms with Crippen molar-refractivity contribution in [2.75, 3.05) is 0 Å². The number of hydrogen-bond donors (Lipinski definition) is 0. The third-order valence-corrected chi connectivity index (χ3v) is 9.85. The first kappa shape index (κ1) is 27.6. The summed E-state index contributed by atoms with van der Waals surface area (Å²) < 4.78 is 11.2. The molecule has 0 atom stereocenters. The molecule has 0 fully saturated rings. The predicted molar refractivity (Wildman–Crippen MR) is 201 cm³/mol. The predicted octanol–water partition coefficient (Wildman–Crippen LogP) is 11.4. The van der Waals surface area contributed by atoms with E-state index >= 15 is 0 Å². The number of hydrogen-bond acceptors (Lipinski definition) is 3. The molecule has 10 aromatic rings. The smallest absolute Gasteiger partial charge is 0.146 e. The van der Waals surface area contributed by atoms with Crippen LogP contribution in [0.4, 0.5) is 0 Å². The summed E-state index contributed by atoms with van der Waals surface area (Å²) in [4.78, 5) is 9.92. The quantitative estimate of drug-likeness (QED) is 0.182. The molecule has 0 aliphatic rings. The second kappa shape index (κ2) is 10.5. The van der Waals surface area contributed by atoms with E-state index in [-0.39, 0.29) is 0 Å². The molecule has 232 valence electrons. The topological polar surface area (TPSA) is 44.3 Å². The number of rotatable bonds is 4. The summed E-state index contributed by atoms with van der Waals surface area (Å²) in [7, 11) is 0. The minimum Gasteiger partial charge on any atom is -0.457 e. The lowest BCUT2D eigenvalue weighted by molar-refractivity contribution is 0.484. The number of fused-ring (bicyclic) bond motifs is 11. The molecule has 0 aliphatic carbocycles. The second-order valence-electron chi connectivity index (χ2n) is 12.8. The van der Waals surface area contributed by atoms with Crippen molar-refractivity contribution in [1.29, 1.82) is 0 Å². The molecule has 0 saturated carbocycles. The molecule has 0 N–H and O–H groups in total. The zero-order chi connectivity index (χ0) is 32.6. The summed E-state index contributed by atoms with van der Waals surface area (Å²) in [6, 6.07) is 48.8. The Morgan fingerprint density at radius 3 is 2.06 bits per heavy atom. The van der Waals surface area contributed by atoms with Gasteiger partial charge in [-0.25, -0.2) is 9.97 Å². The molecule has 0 saturated heterocycles. The van der Waals surface area contributed by atoms with Crippen LogP contribution < -0.4 is 4.74 Å². The van der Waals surface area contributed by atoms with Gasteiger partial charge in [0, 0.05) is 39.4 Å². The molecule has 0 aliphatic heterocycles. The molecule has 4 aromatic heterocycles. The van der Waals surface area contributed by atoms with E-state index < -0.39 is 0 Å². The Bertz CT molecular complexity index is 2920. The maximum absolute atomic E-state index is 6.67. The average Bonchev–Trinajstić information content (AvgIpc) is 3.68. The van der Waals surface area contributed by atoms with E-state index in [2.05, 4.69) is 149 Å². The van der Waals surface area contributed by atoms with Crippen LogP contribution in [0.15, 0.2) is 146 Å². The van der Waals surface area contributed by atoms with Gasteiger partial charge in [-0.1, -0.05) is 72.8 Å². The highest BCUT2D eigenvalue weighted by molar-refractivity contribution is 6.17. The first-order valence-electron chi connectivity index (χ1n) is 16.6. The molecule has 5 nitrogen and oxygen atoms in total. The fraction of sp³-hybridized carbons (Fsp3) is 0.0455. The van der Waals surface area contributed by atoms with Crippen LogP contribution in [-0.4, -0.2) is 18.9 Å². The van der Waals surface area contributed by atoms with E-state index in [1.54, 1.807) is 0 Å². The zero-order valence-corrected chi connectivity index (χ0v) is 27.1. The van der Waals surface area contributed by atoms with Crippen molar-refractivity contribution in [2.45, 2.75) is 13.8 Å². The minimum absolute atomic E-state index is 0.756. The molecular weight excluding hydrogens is 601 g/mol. The van der Waals surface area contributed by atoms with Crippen LogP contribution >= 0.6 is 0 Å². The molecular formula is C44H30N4O. The van der Waals surface area contributed by atoms with Crippen LogP contribution in [0.3, 0.4) is 0 Å². The van der Waals surface area contributed by atoms with E-state index in [4.69, 9.17) is 9.72 Å². The number of ether oxygens (including phenoxy) is 1. The molecule has 0 bridgehead atoms. The van der Waals surface area contributed by atoms with E-state index in [9.17, 15) is 0 Å². The first-order chi connectivity index (χ1) is 24.1. The molecule has 49 heavy (non-hydrogen) atoms. The van der Waals surface area contributed by atoms with Crippen molar-refractivity contribution in [3.05, 3.63) is 157 Å². The summed E-state index contributed by atoms with van der Waals surface area (Å²) in [5.41, 5.74) is 11.3. The van der Waals surface area contributed by atoms with Gasteiger partial charge in [0.25, 0.3) is 0 Å². The van der Waals surface area contributed by atoms with Crippen LogP contribution in [0, 0.1) is 13.8 Å². The Morgan fingerprint density at radius 1 is 0.531 bits per heavy atom. The highest BCUT2D eigenvalue weighted by Gasteiger charge is 2.19. The number of aromatic nitrogens is 4. The first-order valence-corrected chi connectivity index (χ1v) is 16.6. The fourth-order valence-corrected chi connectivity index (χ4v) is 7.77. The number of aryl methyl sites for hydroxylation is 2. The minimum atomic E-state index is 0.756. The summed E-state index contributed by atoms with van der Waals surface area (Å²) in [5.74, 6) is 2.39. The highest BCUT2D eigenvalue weighted by Crippen LogP contribution is 2.41. The molecule has 0 radical (unpaired) electrons. The lowest BCUT2D eigenvalue weighted by atomic mass is 9.92. The molecule has 0 unspecified atom stereocenters. The van der Waals surface area contributed by atoms with Gasteiger partial charge in [-0.15, -0.1) is 0 Å². The summed E-state index contributed by atoms with van der Waals surface area (Å²) >= 11 is 0. The van der Waals surface area contributed by atoms with Gasteiger partial charge < -0.3 is 4.74 Å². The van der Waals surface area contributed by atoms with E-state index in [0.29, 0.717) is 0 Å². The van der Waals surface area contributed by atoms with Crippen LogP contribution in [0.2, 0.25) is 0 Å². The van der Waals surface area contributed by atoms with Crippen LogP contribution in [0.1, 0.15) is 11.1 Å². The Morgan fingerprint density at radius 2 is 1.22 bits per heavy atom. The highest BCUT2D eigenvalue weighted by atomic mass is 16.5. The maximum Gasteiger partial charge on any atom is 0.146 e. The molecule has 4 heterocycles. The number of para-hydroxylation sites is 4. The molecule has 0 spiro atoms. The van der Waals surface area contributed by atoms with Crippen molar-refractivity contribution in [1.82, 2.24) is 18.9 Å². The number of nitrogens with zero attached hydrogens (tertiary/aromatic N) is 4. The molecule has 0 amide bonds. The van der Waals surface area contributed by atoms with Gasteiger partial charge in [-0.05, 0) is 96.6 Å². The van der Waals surface area contributed by atoms with Crippen LogP contribution in [-0.2, 0) is 0 Å². The second-order valence-corrected chi connectivity index (χ2v) is 12.8. The van der Waals surface area contributed by atoms with Gasteiger partial charge in [0.05, 0.1) is 27.6 Å². The van der Waals surface area contributed by atoms with Crippen LogP contribution in [0.25, 0.3) is 77.1 Å². The van der Waals surface area contributed by atoms with E-state index in [1.807, 2.05) is 24.4 Å². The number of benzene rings is 6. The van der Waals surface area contributed by atoms with Gasteiger partial charge in [-0.3, -0.25) is 8.97 Å². The van der Waals surface area contributed by atoms with Gasteiger partial charge in [0.15, 0.2) is 0 Å². The van der Waals surface area contributed by atoms with Crippen molar-refractivity contribution < 1.29 is 4.74 Å². The van der Waals surface area contributed by atoms with Crippen molar-refractivity contribution in [2.24, 2.45) is 0 Å². The Balaban J connectivity index is 1.19. The lowest BCUT2D eigenvalue weighted by Gasteiger charge is -2.17.